The van der Waals surface area contributed by atoms with Crippen LogP contribution in [0.2, 0.25) is 0 Å². The van der Waals surface area contributed by atoms with Crippen LogP contribution in [0.25, 0.3) is 0 Å². The molecule has 1 atom stereocenters. The molecule has 0 saturated heterocycles. The third kappa shape index (κ3) is 3.73. The summed E-state index contributed by atoms with van der Waals surface area (Å²) in [5, 5.41) is 7.44. The molecule has 3 N–H and O–H groups in total. The largest absolute Gasteiger partial charge is 0.384 e. The Morgan fingerprint density at radius 3 is 2.56 bits per heavy atom. The van der Waals surface area contributed by atoms with E-state index in [0.717, 1.165) is 23.1 Å². The molecule has 0 aliphatic carbocycles. The Bertz CT molecular complexity index is 418. The van der Waals surface area contributed by atoms with E-state index in [1.165, 1.54) is 12.1 Å². The van der Waals surface area contributed by atoms with Gasteiger partial charge in [-0.3, -0.25) is 5.41 Å². The van der Waals surface area contributed by atoms with Crippen molar-refractivity contribution in [3.05, 3.63) is 28.2 Å². The van der Waals surface area contributed by atoms with Crippen LogP contribution in [0.15, 0.2) is 22.7 Å². The summed E-state index contributed by atoms with van der Waals surface area (Å²) in [6, 6.07) is 5.85. The Labute approximate surface area is 118 Å². The second-order valence-electron chi connectivity index (χ2n) is 4.63. The molecule has 1 aromatic carbocycles. The number of halogens is 1. The predicted octanol–water partition coefficient (Wildman–Crippen LogP) is 3.61. The molecule has 0 heterocycles. The van der Waals surface area contributed by atoms with Crippen LogP contribution in [-0.4, -0.2) is 18.9 Å². The quantitative estimate of drug-likeness (QED) is 0.623. The Morgan fingerprint density at radius 1 is 1.44 bits per heavy atom. The van der Waals surface area contributed by atoms with Crippen molar-refractivity contribution in [1.82, 2.24) is 0 Å². The van der Waals surface area contributed by atoms with Crippen LogP contribution >= 0.6 is 15.9 Å². The molecule has 0 spiro atoms. The first-order chi connectivity index (χ1) is 8.49. The normalized spacial score (nSPS) is 12.2. The second kappa shape index (κ2) is 6.78. The molecule has 0 amide bonds. The molecule has 1 unspecified atom stereocenters. The Balaban J connectivity index is 2.96. The van der Waals surface area contributed by atoms with Crippen molar-refractivity contribution in [3.8, 4) is 0 Å². The lowest BCUT2D eigenvalue weighted by molar-refractivity contribution is 0.547. The third-order valence-electron chi connectivity index (χ3n) is 3.21. The summed E-state index contributed by atoms with van der Waals surface area (Å²) in [6.07, 6.45) is 1.18. The fourth-order valence-electron chi connectivity index (χ4n) is 1.83. The van der Waals surface area contributed by atoms with Crippen LogP contribution in [0.5, 0.6) is 0 Å². The minimum Gasteiger partial charge on any atom is -0.384 e. The van der Waals surface area contributed by atoms with Crippen molar-refractivity contribution < 1.29 is 0 Å². The van der Waals surface area contributed by atoms with E-state index in [2.05, 4.69) is 41.6 Å². The molecule has 4 heteroatoms. The van der Waals surface area contributed by atoms with Crippen molar-refractivity contribution in [2.45, 2.75) is 27.2 Å². The highest BCUT2D eigenvalue weighted by molar-refractivity contribution is 9.10. The van der Waals surface area contributed by atoms with E-state index in [4.69, 9.17) is 11.1 Å². The van der Waals surface area contributed by atoms with Crippen molar-refractivity contribution in [2.24, 2.45) is 11.7 Å². The van der Waals surface area contributed by atoms with Crippen LogP contribution in [0.4, 0.5) is 5.69 Å². The molecule has 0 saturated carbocycles. The van der Waals surface area contributed by atoms with Crippen molar-refractivity contribution in [1.29, 1.82) is 5.41 Å². The summed E-state index contributed by atoms with van der Waals surface area (Å²) < 4.78 is 1.00. The number of nitrogens with one attached hydrogen (secondary N) is 1. The summed E-state index contributed by atoms with van der Waals surface area (Å²) in [5.74, 6) is 0.775. The summed E-state index contributed by atoms with van der Waals surface area (Å²) in [7, 11) is 0. The van der Waals surface area contributed by atoms with Crippen LogP contribution in [0, 0.1) is 11.3 Å². The zero-order valence-electron chi connectivity index (χ0n) is 11.3. The van der Waals surface area contributed by atoms with Crippen LogP contribution < -0.4 is 10.6 Å². The van der Waals surface area contributed by atoms with Gasteiger partial charge in [-0.05, 0) is 47.0 Å². The van der Waals surface area contributed by atoms with Gasteiger partial charge in [-0.1, -0.05) is 20.3 Å². The summed E-state index contributed by atoms with van der Waals surface area (Å²) >= 11 is 3.57. The maximum absolute atomic E-state index is 7.44. The van der Waals surface area contributed by atoms with Crippen LogP contribution in [-0.2, 0) is 0 Å². The number of nitrogens with zero attached hydrogens (tertiary/aromatic N) is 1. The molecule has 3 nitrogen and oxygen atoms in total. The van der Waals surface area contributed by atoms with Gasteiger partial charge in [0, 0.05) is 23.1 Å². The van der Waals surface area contributed by atoms with Gasteiger partial charge in [-0.15, -0.1) is 0 Å². The molecule has 0 fully saturated rings. The first kappa shape index (κ1) is 15.0. The molecule has 0 radical (unpaired) electrons. The van der Waals surface area contributed by atoms with Gasteiger partial charge in [-0.25, -0.2) is 0 Å². The highest BCUT2D eigenvalue weighted by Crippen LogP contribution is 2.28. The molecule has 0 aromatic heterocycles. The van der Waals surface area contributed by atoms with Gasteiger partial charge in [0.25, 0.3) is 0 Å². The average molecular weight is 312 g/mol. The van der Waals surface area contributed by atoms with E-state index in [1.807, 2.05) is 18.2 Å². The van der Waals surface area contributed by atoms with Gasteiger partial charge in [-0.2, -0.15) is 0 Å². The lowest BCUT2D eigenvalue weighted by atomic mass is 10.1. The lowest BCUT2D eigenvalue weighted by Crippen LogP contribution is -2.28. The fraction of sp³-hybridized carbons (Fsp3) is 0.500. The number of hydrogen-bond acceptors (Lipinski definition) is 2. The standard InChI is InChI=1S/C14H22BrN3/c1-4-10(3)9-18(5-2)13-7-6-11(14(16)17)8-12(13)15/h6-8,10H,4-5,9H2,1-3H3,(H3,16,17). The van der Waals surface area contributed by atoms with E-state index in [0.29, 0.717) is 5.92 Å². The first-order valence-electron chi connectivity index (χ1n) is 6.38. The fourth-order valence-corrected chi connectivity index (χ4v) is 2.46. The summed E-state index contributed by atoms with van der Waals surface area (Å²) in [5.41, 5.74) is 7.42. The molecular weight excluding hydrogens is 290 g/mol. The van der Waals surface area contributed by atoms with Crippen LogP contribution in [0.3, 0.4) is 0 Å². The van der Waals surface area contributed by atoms with Crippen molar-refractivity contribution >= 4 is 27.5 Å². The molecule has 1 rings (SSSR count). The van der Waals surface area contributed by atoms with E-state index >= 15 is 0 Å². The number of anilines is 1. The number of amidine groups is 1. The zero-order valence-corrected chi connectivity index (χ0v) is 12.9. The van der Waals surface area contributed by atoms with Gasteiger partial charge in [0.2, 0.25) is 0 Å². The number of benzene rings is 1. The zero-order chi connectivity index (χ0) is 13.7. The minimum atomic E-state index is 0.104. The van der Waals surface area contributed by atoms with Crippen molar-refractivity contribution in [2.75, 3.05) is 18.0 Å². The molecule has 100 valence electrons. The monoisotopic (exact) mass is 311 g/mol. The topological polar surface area (TPSA) is 53.1 Å². The van der Waals surface area contributed by atoms with Gasteiger partial charge in [0.05, 0.1) is 5.69 Å². The van der Waals surface area contributed by atoms with Gasteiger partial charge < -0.3 is 10.6 Å². The van der Waals surface area contributed by atoms with E-state index < -0.39 is 0 Å². The molecule has 0 aliphatic rings. The van der Waals surface area contributed by atoms with Gasteiger partial charge in [0.1, 0.15) is 5.84 Å². The van der Waals surface area contributed by atoms with Gasteiger partial charge >= 0.3 is 0 Å². The Morgan fingerprint density at radius 2 is 2.11 bits per heavy atom. The highest BCUT2D eigenvalue weighted by atomic mass is 79.9. The molecule has 0 aliphatic heterocycles. The van der Waals surface area contributed by atoms with E-state index in [-0.39, 0.29) is 5.84 Å². The van der Waals surface area contributed by atoms with Crippen LogP contribution in [0.1, 0.15) is 32.8 Å². The SMILES string of the molecule is CCC(C)CN(CC)c1ccc(C(=N)N)cc1Br. The van der Waals surface area contributed by atoms with E-state index in [1.54, 1.807) is 0 Å². The first-order valence-corrected chi connectivity index (χ1v) is 7.17. The predicted molar refractivity (Wildman–Crippen MR) is 82.5 cm³/mol. The lowest BCUT2D eigenvalue weighted by Gasteiger charge is -2.27. The van der Waals surface area contributed by atoms with Crippen molar-refractivity contribution in [3.63, 3.8) is 0 Å². The average Bonchev–Trinajstić information content (AvgIpc) is 2.35. The number of nitrogen functional groups attached to an aromatic ring is 1. The molecule has 18 heavy (non-hydrogen) atoms. The highest BCUT2D eigenvalue weighted by Gasteiger charge is 2.12. The Hall–Kier alpha value is -1.03. The summed E-state index contributed by atoms with van der Waals surface area (Å²) in [6.45, 7) is 8.66. The smallest absolute Gasteiger partial charge is 0.122 e. The maximum Gasteiger partial charge on any atom is 0.122 e. The number of hydrogen-bond donors (Lipinski definition) is 2. The molecular formula is C14H22BrN3. The summed E-state index contributed by atoms with van der Waals surface area (Å²) in [4.78, 5) is 2.35. The molecule has 0 bridgehead atoms. The van der Waals surface area contributed by atoms with Gasteiger partial charge in [0.15, 0.2) is 0 Å². The maximum atomic E-state index is 7.44. The third-order valence-corrected chi connectivity index (χ3v) is 3.85. The minimum absolute atomic E-state index is 0.104. The second-order valence-corrected chi connectivity index (χ2v) is 5.49. The molecule has 1 aromatic rings. The number of nitrogens with two attached hydrogens (primary N) is 1. The van der Waals surface area contributed by atoms with E-state index in [9.17, 15) is 0 Å². The number of rotatable bonds is 6. The Kier molecular flexibility index (Phi) is 5.66.